The van der Waals surface area contributed by atoms with E-state index in [9.17, 15) is 8.42 Å². The third-order valence-electron chi connectivity index (χ3n) is 4.70. The number of benzene rings is 1. The number of sulfonamides is 1. The first-order valence-electron chi connectivity index (χ1n) is 8.81. The van der Waals surface area contributed by atoms with Gasteiger partial charge in [0.15, 0.2) is 0 Å². The van der Waals surface area contributed by atoms with Crippen molar-refractivity contribution in [2.75, 3.05) is 32.8 Å². The highest BCUT2D eigenvalue weighted by Crippen LogP contribution is 2.27. The van der Waals surface area contributed by atoms with Gasteiger partial charge in [-0.2, -0.15) is 0 Å². The van der Waals surface area contributed by atoms with E-state index >= 15 is 0 Å². The fourth-order valence-electron chi connectivity index (χ4n) is 3.63. The minimum absolute atomic E-state index is 0.0275. The Kier molecular flexibility index (Phi) is 6.14. The van der Waals surface area contributed by atoms with Crippen LogP contribution in [0.2, 0.25) is 0 Å². The molecule has 1 aliphatic heterocycles. The summed E-state index contributed by atoms with van der Waals surface area (Å²) in [4.78, 5) is 3.87. The summed E-state index contributed by atoms with van der Waals surface area (Å²) < 4.78 is 34.3. The predicted octanol–water partition coefficient (Wildman–Crippen LogP) is 3.03. The number of ether oxygens (including phenoxy) is 1. The second-order valence-corrected chi connectivity index (χ2v) is 9.44. The van der Waals surface area contributed by atoms with Crippen LogP contribution in [0, 0.1) is 20.8 Å². The molecule has 0 spiro atoms. The van der Waals surface area contributed by atoms with Crippen LogP contribution in [-0.4, -0.2) is 46.2 Å². The van der Waals surface area contributed by atoms with Crippen LogP contribution in [0.15, 0.2) is 34.5 Å². The van der Waals surface area contributed by atoms with Gasteiger partial charge < -0.3 is 4.74 Å². The Balaban J connectivity index is 1.82. The van der Waals surface area contributed by atoms with Gasteiger partial charge in [-0.05, 0) is 43.3 Å². The predicted molar refractivity (Wildman–Crippen MR) is 105 cm³/mol. The molecule has 1 saturated heterocycles. The summed E-state index contributed by atoms with van der Waals surface area (Å²) in [5, 5.41) is 2.03. The fraction of sp³-hybridized carbons (Fsp3) is 0.474. The highest BCUT2D eigenvalue weighted by molar-refractivity contribution is 7.89. The summed E-state index contributed by atoms with van der Waals surface area (Å²) in [6.07, 6.45) is 0. The number of hydrogen-bond acceptors (Lipinski definition) is 5. The average Bonchev–Trinajstić information content (AvgIpc) is 3.09. The summed E-state index contributed by atoms with van der Waals surface area (Å²) >= 11 is 1.66. The lowest BCUT2D eigenvalue weighted by atomic mass is 10.1. The standard InChI is InChI=1S/C19H26N2O3S2/c1-14-11-15(2)19(16(3)12-14)26(22,23)20-13-17(18-5-4-10-25-18)21-6-8-24-9-7-21/h4-5,10-12,17,20H,6-9,13H2,1-3H3. The summed E-state index contributed by atoms with van der Waals surface area (Å²) in [7, 11) is -3.57. The Morgan fingerprint density at radius 2 is 1.85 bits per heavy atom. The Morgan fingerprint density at radius 1 is 1.19 bits per heavy atom. The molecule has 1 atom stereocenters. The third kappa shape index (κ3) is 4.35. The van der Waals surface area contributed by atoms with Crippen molar-refractivity contribution in [2.24, 2.45) is 0 Å². The first kappa shape index (κ1) is 19.5. The van der Waals surface area contributed by atoms with Crippen molar-refractivity contribution in [3.8, 4) is 0 Å². The van der Waals surface area contributed by atoms with Gasteiger partial charge in [0, 0.05) is 24.5 Å². The lowest BCUT2D eigenvalue weighted by Gasteiger charge is -2.34. The maximum Gasteiger partial charge on any atom is 0.241 e. The second-order valence-electron chi connectivity index (χ2n) is 6.76. The van der Waals surface area contributed by atoms with Gasteiger partial charge in [0.2, 0.25) is 10.0 Å². The minimum Gasteiger partial charge on any atom is -0.379 e. The van der Waals surface area contributed by atoms with Crippen LogP contribution in [-0.2, 0) is 14.8 Å². The second kappa shape index (κ2) is 8.19. The summed E-state index contributed by atoms with van der Waals surface area (Å²) in [6.45, 7) is 9.04. The van der Waals surface area contributed by atoms with Crippen LogP contribution >= 0.6 is 11.3 Å². The zero-order valence-corrected chi connectivity index (χ0v) is 17.1. The molecule has 26 heavy (non-hydrogen) atoms. The van der Waals surface area contributed by atoms with Gasteiger partial charge >= 0.3 is 0 Å². The Labute approximate surface area is 160 Å². The van der Waals surface area contributed by atoms with Gasteiger partial charge in [-0.25, -0.2) is 13.1 Å². The number of thiophene rings is 1. The lowest BCUT2D eigenvalue weighted by Crippen LogP contribution is -2.43. The molecule has 0 saturated carbocycles. The van der Waals surface area contributed by atoms with E-state index in [4.69, 9.17) is 4.74 Å². The van der Waals surface area contributed by atoms with Crippen LogP contribution in [0.3, 0.4) is 0 Å². The number of aryl methyl sites for hydroxylation is 3. The number of hydrogen-bond donors (Lipinski definition) is 1. The molecule has 1 aromatic heterocycles. The van der Waals surface area contributed by atoms with E-state index in [-0.39, 0.29) is 6.04 Å². The van der Waals surface area contributed by atoms with Crippen molar-refractivity contribution in [1.82, 2.24) is 9.62 Å². The monoisotopic (exact) mass is 394 g/mol. The van der Waals surface area contributed by atoms with E-state index in [2.05, 4.69) is 15.7 Å². The molecule has 5 nitrogen and oxygen atoms in total. The zero-order valence-electron chi connectivity index (χ0n) is 15.5. The first-order valence-corrected chi connectivity index (χ1v) is 11.2. The lowest BCUT2D eigenvalue weighted by molar-refractivity contribution is 0.0179. The average molecular weight is 395 g/mol. The quantitative estimate of drug-likeness (QED) is 0.818. The van der Waals surface area contributed by atoms with Crippen LogP contribution < -0.4 is 4.72 Å². The zero-order chi connectivity index (χ0) is 18.7. The van der Waals surface area contributed by atoms with Crippen molar-refractivity contribution < 1.29 is 13.2 Å². The van der Waals surface area contributed by atoms with Gasteiger partial charge in [0.1, 0.15) is 0 Å². The minimum atomic E-state index is -3.57. The number of rotatable bonds is 6. The van der Waals surface area contributed by atoms with Crippen molar-refractivity contribution in [3.63, 3.8) is 0 Å². The van der Waals surface area contributed by atoms with Crippen molar-refractivity contribution >= 4 is 21.4 Å². The summed E-state index contributed by atoms with van der Waals surface area (Å²) in [5.41, 5.74) is 2.65. The van der Waals surface area contributed by atoms with Crippen LogP contribution in [0.1, 0.15) is 27.6 Å². The number of morpholine rings is 1. The van der Waals surface area contributed by atoms with Gasteiger partial charge in [0.25, 0.3) is 0 Å². The highest BCUT2D eigenvalue weighted by Gasteiger charge is 2.27. The van der Waals surface area contributed by atoms with Gasteiger partial charge in [0.05, 0.1) is 24.2 Å². The molecule has 2 heterocycles. The van der Waals surface area contributed by atoms with Gasteiger partial charge in [-0.3, -0.25) is 4.90 Å². The molecule has 1 unspecified atom stereocenters. The molecule has 1 aromatic carbocycles. The first-order chi connectivity index (χ1) is 12.4. The molecule has 3 rings (SSSR count). The Morgan fingerprint density at radius 3 is 2.42 bits per heavy atom. The molecule has 1 N–H and O–H groups in total. The molecule has 1 fully saturated rings. The van der Waals surface area contributed by atoms with E-state index in [0.29, 0.717) is 24.7 Å². The van der Waals surface area contributed by atoms with Crippen LogP contribution in [0.5, 0.6) is 0 Å². The molecular formula is C19H26N2O3S2. The maximum atomic E-state index is 13.0. The Bertz CT molecular complexity index is 819. The molecule has 0 radical (unpaired) electrons. The summed E-state index contributed by atoms with van der Waals surface area (Å²) in [5.74, 6) is 0. The van der Waals surface area contributed by atoms with Crippen molar-refractivity contribution in [3.05, 3.63) is 51.2 Å². The van der Waals surface area contributed by atoms with Gasteiger partial charge in [-0.1, -0.05) is 23.8 Å². The van der Waals surface area contributed by atoms with Crippen LogP contribution in [0.4, 0.5) is 0 Å². The normalized spacial score (nSPS) is 17.3. The van der Waals surface area contributed by atoms with E-state index in [1.54, 1.807) is 11.3 Å². The molecule has 2 aromatic rings. The number of nitrogens with zero attached hydrogens (tertiary/aromatic N) is 1. The van der Waals surface area contributed by atoms with E-state index in [1.165, 1.54) is 4.88 Å². The number of nitrogens with one attached hydrogen (secondary N) is 1. The third-order valence-corrected chi connectivity index (χ3v) is 7.40. The maximum absolute atomic E-state index is 13.0. The van der Waals surface area contributed by atoms with Crippen LogP contribution in [0.25, 0.3) is 0 Å². The molecule has 142 valence electrons. The topological polar surface area (TPSA) is 58.6 Å². The van der Waals surface area contributed by atoms with Crippen molar-refractivity contribution in [1.29, 1.82) is 0 Å². The summed E-state index contributed by atoms with van der Waals surface area (Å²) in [6, 6.07) is 7.94. The largest absolute Gasteiger partial charge is 0.379 e. The fourth-order valence-corrected chi connectivity index (χ4v) is 5.98. The van der Waals surface area contributed by atoms with E-state index < -0.39 is 10.0 Å². The SMILES string of the molecule is Cc1cc(C)c(S(=O)(=O)NCC(c2cccs2)N2CCOCC2)c(C)c1. The molecular weight excluding hydrogens is 368 g/mol. The molecule has 1 aliphatic rings. The van der Waals surface area contributed by atoms with E-state index in [1.807, 2.05) is 44.4 Å². The Hall–Kier alpha value is -1.25. The molecule has 7 heteroatoms. The highest BCUT2D eigenvalue weighted by atomic mass is 32.2. The smallest absolute Gasteiger partial charge is 0.241 e. The molecule has 0 amide bonds. The molecule has 0 bridgehead atoms. The molecule has 0 aliphatic carbocycles. The van der Waals surface area contributed by atoms with Crippen molar-refractivity contribution in [2.45, 2.75) is 31.7 Å². The van der Waals surface area contributed by atoms with Gasteiger partial charge in [-0.15, -0.1) is 11.3 Å². The van der Waals surface area contributed by atoms with E-state index in [0.717, 1.165) is 29.8 Å².